The SMILES string of the molecule is Cc1c(C(=O)O)cc(C(C)(C)C)n1CCS(=O)(=O)N1CCOCC1. The highest BCUT2D eigenvalue weighted by molar-refractivity contribution is 7.89. The van der Waals surface area contributed by atoms with Crippen molar-refractivity contribution in [2.24, 2.45) is 0 Å². The van der Waals surface area contributed by atoms with Gasteiger partial charge in [-0.05, 0) is 13.0 Å². The summed E-state index contributed by atoms with van der Waals surface area (Å²) in [5, 5.41) is 9.35. The number of carbonyl (C=O) groups is 1. The number of ether oxygens (including phenoxy) is 1. The zero-order valence-corrected chi connectivity index (χ0v) is 15.5. The summed E-state index contributed by atoms with van der Waals surface area (Å²) in [5.74, 6) is -1.04. The minimum Gasteiger partial charge on any atom is -0.478 e. The smallest absolute Gasteiger partial charge is 0.337 e. The number of carboxylic acid groups (broad SMARTS) is 1. The first kappa shape index (κ1) is 19.0. The number of carboxylic acids is 1. The Morgan fingerprint density at radius 3 is 2.38 bits per heavy atom. The average Bonchev–Trinajstić information content (AvgIpc) is 2.83. The molecule has 0 spiro atoms. The molecule has 8 heteroatoms. The molecule has 1 aliphatic rings. The fourth-order valence-electron chi connectivity index (χ4n) is 2.93. The number of hydrogen-bond acceptors (Lipinski definition) is 4. The molecule has 1 saturated heterocycles. The Morgan fingerprint density at radius 1 is 1.29 bits per heavy atom. The first-order chi connectivity index (χ1) is 11.0. The van der Waals surface area contributed by atoms with Crippen molar-refractivity contribution in [2.45, 2.75) is 39.7 Å². The highest BCUT2D eigenvalue weighted by Crippen LogP contribution is 2.28. The molecule has 1 aromatic rings. The summed E-state index contributed by atoms with van der Waals surface area (Å²) < 4.78 is 33.5. The lowest BCUT2D eigenvalue weighted by atomic mass is 9.92. The van der Waals surface area contributed by atoms with Crippen LogP contribution in [0.4, 0.5) is 0 Å². The molecule has 1 N–H and O–H groups in total. The molecule has 2 heterocycles. The van der Waals surface area contributed by atoms with E-state index in [0.717, 1.165) is 5.69 Å². The topological polar surface area (TPSA) is 88.8 Å². The van der Waals surface area contributed by atoms with Crippen molar-refractivity contribution in [3.63, 3.8) is 0 Å². The number of morpholine rings is 1. The Bertz CT molecular complexity index is 710. The van der Waals surface area contributed by atoms with Gasteiger partial charge in [-0.1, -0.05) is 20.8 Å². The third-order valence-corrected chi connectivity index (χ3v) is 6.15. The standard InChI is InChI=1S/C16H26N2O5S/c1-12-13(15(19)20)11-14(16(2,3)4)18(12)7-10-24(21,22)17-5-8-23-9-6-17/h11H,5-10H2,1-4H3,(H,19,20). The van der Waals surface area contributed by atoms with E-state index in [1.807, 2.05) is 25.3 Å². The summed E-state index contributed by atoms with van der Waals surface area (Å²) in [7, 11) is -3.39. The van der Waals surface area contributed by atoms with E-state index in [1.54, 1.807) is 13.0 Å². The molecule has 0 aromatic carbocycles. The number of rotatable bonds is 5. The zero-order valence-electron chi connectivity index (χ0n) is 14.7. The van der Waals surface area contributed by atoms with Gasteiger partial charge in [0.2, 0.25) is 10.0 Å². The largest absolute Gasteiger partial charge is 0.478 e. The van der Waals surface area contributed by atoms with Crippen LogP contribution in [-0.2, 0) is 26.7 Å². The predicted molar refractivity (Wildman–Crippen MR) is 91.0 cm³/mol. The number of aromatic nitrogens is 1. The van der Waals surface area contributed by atoms with E-state index in [1.165, 1.54) is 4.31 Å². The van der Waals surface area contributed by atoms with Gasteiger partial charge in [0.15, 0.2) is 0 Å². The summed E-state index contributed by atoms with van der Waals surface area (Å²) in [6.45, 7) is 9.50. The van der Waals surface area contributed by atoms with Gasteiger partial charge in [0.1, 0.15) is 0 Å². The molecule has 1 aliphatic heterocycles. The van der Waals surface area contributed by atoms with Crippen molar-refractivity contribution in [3.8, 4) is 0 Å². The van der Waals surface area contributed by atoms with E-state index >= 15 is 0 Å². The van der Waals surface area contributed by atoms with Crippen molar-refractivity contribution >= 4 is 16.0 Å². The summed E-state index contributed by atoms with van der Waals surface area (Å²) in [4.78, 5) is 11.4. The number of sulfonamides is 1. The number of nitrogens with zero attached hydrogens (tertiary/aromatic N) is 2. The van der Waals surface area contributed by atoms with E-state index in [-0.39, 0.29) is 23.3 Å². The highest BCUT2D eigenvalue weighted by atomic mass is 32.2. The van der Waals surface area contributed by atoms with Gasteiger partial charge in [0.25, 0.3) is 0 Å². The molecule has 2 rings (SSSR count). The Morgan fingerprint density at radius 2 is 1.88 bits per heavy atom. The first-order valence-corrected chi connectivity index (χ1v) is 9.64. The molecule has 0 saturated carbocycles. The summed E-state index contributed by atoms with van der Waals surface area (Å²) >= 11 is 0. The second-order valence-electron chi connectivity index (χ2n) is 7.06. The van der Waals surface area contributed by atoms with Crippen LogP contribution in [0.25, 0.3) is 0 Å². The molecule has 0 bridgehead atoms. The molecule has 0 aliphatic carbocycles. The minimum atomic E-state index is -3.39. The van der Waals surface area contributed by atoms with Crippen LogP contribution in [0.5, 0.6) is 0 Å². The van der Waals surface area contributed by atoms with Crippen LogP contribution in [-0.4, -0.2) is 60.4 Å². The second kappa shape index (κ2) is 6.85. The normalized spacial score (nSPS) is 17.2. The second-order valence-corrected chi connectivity index (χ2v) is 9.15. The molecule has 1 fully saturated rings. The Kier molecular flexibility index (Phi) is 5.41. The van der Waals surface area contributed by atoms with E-state index in [9.17, 15) is 18.3 Å². The molecule has 0 atom stereocenters. The van der Waals surface area contributed by atoms with Gasteiger partial charge in [-0.25, -0.2) is 13.2 Å². The van der Waals surface area contributed by atoms with Crippen LogP contribution in [0.15, 0.2) is 6.07 Å². The van der Waals surface area contributed by atoms with Crippen LogP contribution in [0.3, 0.4) is 0 Å². The van der Waals surface area contributed by atoms with Crippen molar-refractivity contribution in [1.29, 1.82) is 0 Å². The van der Waals surface area contributed by atoms with Crippen molar-refractivity contribution in [2.75, 3.05) is 32.1 Å². The van der Waals surface area contributed by atoms with Crippen LogP contribution in [0, 0.1) is 6.92 Å². The maximum absolute atomic E-state index is 12.5. The van der Waals surface area contributed by atoms with Crippen LogP contribution in [0.1, 0.15) is 42.5 Å². The van der Waals surface area contributed by atoms with Gasteiger partial charge < -0.3 is 14.4 Å². The Balaban J connectivity index is 2.27. The van der Waals surface area contributed by atoms with Crippen LogP contribution >= 0.6 is 0 Å². The van der Waals surface area contributed by atoms with Gasteiger partial charge in [0, 0.05) is 36.4 Å². The molecule has 7 nitrogen and oxygen atoms in total. The monoisotopic (exact) mass is 358 g/mol. The Labute approximate surface area is 143 Å². The van der Waals surface area contributed by atoms with Crippen molar-refractivity contribution < 1.29 is 23.1 Å². The molecule has 24 heavy (non-hydrogen) atoms. The highest BCUT2D eigenvalue weighted by Gasteiger charge is 2.28. The zero-order chi connectivity index (χ0) is 18.1. The number of aromatic carboxylic acids is 1. The van der Waals surface area contributed by atoms with Gasteiger partial charge in [-0.2, -0.15) is 4.31 Å². The molecule has 1 aromatic heterocycles. The average molecular weight is 358 g/mol. The molecular formula is C16H26N2O5S. The summed E-state index contributed by atoms with van der Waals surface area (Å²) in [6, 6.07) is 1.65. The maximum Gasteiger partial charge on any atom is 0.337 e. The van der Waals surface area contributed by atoms with Crippen molar-refractivity contribution in [3.05, 3.63) is 23.0 Å². The van der Waals surface area contributed by atoms with E-state index < -0.39 is 16.0 Å². The van der Waals surface area contributed by atoms with E-state index in [0.29, 0.717) is 32.0 Å². The van der Waals surface area contributed by atoms with Gasteiger partial charge >= 0.3 is 5.97 Å². The maximum atomic E-state index is 12.5. The summed E-state index contributed by atoms with van der Waals surface area (Å²) in [5.41, 5.74) is 1.36. The van der Waals surface area contributed by atoms with Gasteiger partial charge in [0.05, 0.1) is 24.5 Å². The lowest BCUT2D eigenvalue weighted by Crippen LogP contribution is -2.42. The Hall–Kier alpha value is -1.38. The van der Waals surface area contributed by atoms with E-state index in [2.05, 4.69) is 0 Å². The third-order valence-electron chi connectivity index (χ3n) is 4.30. The minimum absolute atomic E-state index is 0.0509. The molecular weight excluding hydrogens is 332 g/mol. The van der Waals surface area contributed by atoms with Gasteiger partial charge in [-0.15, -0.1) is 0 Å². The van der Waals surface area contributed by atoms with Crippen molar-refractivity contribution in [1.82, 2.24) is 8.87 Å². The molecule has 136 valence electrons. The third kappa shape index (κ3) is 3.99. The first-order valence-electron chi connectivity index (χ1n) is 8.03. The lowest BCUT2D eigenvalue weighted by Gasteiger charge is -2.27. The van der Waals surface area contributed by atoms with E-state index in [4.69, 9.17) is 4.74 Å². The molecule has 0 radical (unpaired) electrons. The lowest BCUT2D eigenvalue weighted by molar-refractivity contribution is 0.0696. The molecule has 0 unspecified atom stereocenters. The molecule has 0 amide bonds. The fourth-order valence-corrected chi connectivity index (χ4v) is 4.31. The predicted octanol–water partition coefficient (Wildman–Crippen LogP) is 1.45. The quantitative estimate of drug-likeness (QED) is 0.861. The fraction of sp³-hybridized carbons (Fsp3) is 0.688. The summed E-state index contributed by atoms with van der Waals surface area (Å²) in [6.07, 6.45) is 0. The number of hydrogen-bond donors (Lipinski definition) is 1. The van der Waals surface area contributed by atoms with Gasteiger partial charge in [-0.3, -0.25) is 0 Å². The van der Waals surface area contributed by atoms with Crippen LogP contribution in [0.2, 0.25) is 0 Å². The van der Waals surface area contributed by atoms with Crippen LogP contribution < -0.4 is 0 Å².